The molecule has 1 aliphatic heterocycles. The molecule has 1 unspecified atom stereocenters. The second-order valence-electron chi connectivity index (χ2n) is 4.98. The van der Waals surface area contributed by atoms with E-state index in [1.54, 1.807) is 23.1 Å². The lowest BCUT2D eigenvalue weighted by molar-refractivity contribution is 0.0655. The van der Waals surface area contributed by atoms with Gasteiger partial charge >= 0.3 is 0 Å². The Kier molecular flexibility index (Phi) is 4.66. The van der Waals surface area contributed by atoms with Gasteiger partial charge < -0.3 is 15.7 Å². The highest BCUT2D eigenvalue weighted by Gasteiger charge is 2.26. The van der Waals surface area contributed by atoms with Crippen LogP contribution in [0.5, 0.6) is 0 Å². The number of aliphatic hydroxyl groups excluding tert-OH is 1. The maximum Gasteiger partial charge on any atom is 0.257 e. The first-order chi connectivity index (χ1) is 9.13. The third kappa shape index (κ3) is 3.19. The van der Waals surface area contributed by atoms with Crippen molar-refractivity contribution in [1.29, 1.82) is 0 Å². The van der Waals surface area contributed by atoms with E-state index in [4.69, 9.17) is 22.4 Å². The van der Waals surface area contributed by atoms with Gasteiger partial charge in [0, 0.05) is 25.4 Å². The molecule has 0 aromatic heterocycles. The third-order valence-electron chi connectivity index (χ3n) is 3.60. The van der Waals surface area contributed by atoms with Crippen molar-refractivity contribution in [3.05, 3.63) is 28.8 Å². The van der Waals surface area contributed by atoms with Gasteiger partial charge in [0.05, 0.1) is 10.6 Å². The molecule has 1 heterocycles. The Bertz CT molecular complexity index is 443. The number of amides is 1. The number of piperidine rings is 1. The largest absolute Gasteiger partial charge is 0.398 e. The lowest BCUT2D eigenvalue weighted by atomic mass is 9.94. The third-order valence-corrected chi connectivity index (χ3v) is 3.92. The van der Waals surface area contributed by atoms with Gasteiger partial charge in [-0.2, -0.15) is 0 Å². The number of carbonyl (C=O) groups excluding carboxylic acids is 1. The Hall–Kier alpha value is -1.26. The Morgan fingerprint density at radius 3 is 3.00 bits per heavy atom. The first kappa shape index (κ1) is 14.2. The molecular weight excluding hydrogens is 264 g/mol. The number of carbonyl (C=O) groups is 1. The monoisotopic (exact) mass is 282 g/mol. The van der Waals surface area contributed by atoms with Crippen molar-refractivity contribution < 1.29 is 9.90 Å². The number of nitrogen functional groups attached to an aromatic ring is 1. The fourth-order valence-corrected chi connectivity index (χ4v) is 2.85. The molecule has 19 heavy (non-hydrogen) atoms. The standard InChI is InChI=1S/C14H19ClN2O2/c15-11-4-1-5-12(16)13(11)14(19)17-7-2-3-10(9-17)6-8-18/h1,4-5,10,18H,2-3,6-9,16H2. The number of hydrogen-bond acceptors (Lipinski definition) is 3. The summed E-state index contributed by atoms with van der Waals surface area (Å²) in [6, 6.07) is 5.10. The van der Waals surface area contributed by atoms with Gasteiger partial charge in [0.25, 0.3) is 5.91 Å². The second-order valence-corrected chi connectivity index (χ2v) is 5.38. The first-order valence-corrected chi connectivity index (χ1v) is 6.95. The van der Waals surface area contributed by atoms with Gasteiger partial charge in [-0.1, -0.05) is 17.7 Å². The normalized spacial score (nSPS) is 19.5. The molecule has 0 radical (unpaired) electrons. The predicted octanol–water partition coefficient (Wildman–Crippen LogP) is 2.16. The summed E-state index contributed by atoms with van der Waals surface area (Å²) in [6.45, 7) is 1.57. The Morgan fingerprint density at radius 2 is 2.32 bits per heavy atom. The van der Waals surface area contributed by atoms with Crippen molar-refractivity contribution in [3.63, 3.8) is 0 Å². The summed E-state index contributed by atoms with van der Waals surface area (Å²) in [5, 5.41) is 9.40. The van der Waals surface area contributed by atoms with Gasteiger partial charge in [-0.15, -0.1) is 0 Å². The molecule has 1 saturated heterocycles. The maximum atomic E-state index is 12.5. The average molecular weight is 283 g/mol. The molecule has 4 nitrogen and oxygen atoms in total. The smallest absolute Gasteiger partial charge is 0.257 e. The van der Waals surface area contributed by atoms with Crippen LogP contribution in [0.15, 0.2) is 18.2 Å². The SMILES string of the molecule is Nc1cccc(Cl)c1C(=O)N1CCCC(CCO)C1. The van der Waals surface area contributed by atoms with E-state index in [2.05, 4.69) is 0 Å². The van der Waals surface area contributed by atoms with Crippen molar-refractivity contribution in [1.82, 2.24) is 4.90 Å². The van der Waals surface area contributed by atoms with Crippen LogP contribution in [0.2, 0.25) is 5.02 Å². The molecule has 0 saturated carbocycles. The summed E-state index contributed by atoms with van der Waals surface area (Å²) in [6.07, 6.45) is 2.75. The molecule has 1 aliphatic rings. The molecule has 1 aromatic rings. The van der Waals surface area contributed by atoms with E-state index >= 15 is 0 Å². The van der Waals surface area contributed by atoms with Crippen molar-refractivity contribution in [2.24, 2.45) is 5.92 Å². The number of hydrogen-bond donors (Lipinski definition) is 2. The van der Waals surface area contributed by atoms with E-state index in [-0.39, 0.29) is 12.5 Å². The van der Waals surface area contributed by atoms with Crippen LogP contribution < -0.4 is 5.73 Å². The molecule has 2 rings (SSSR count). The number of aliphatic hydroxyl groups is 1. The van der Waals surface area contributed by atoms with Gasteiger partial charge in [0.2, 0.25) is 0 Å². The summed E-state index contributed by atoms with van der Waals surface area (Å²) < 4.78 is 0. The summed E-state index contributed by atoms with van der Waals surface area (Å²) >= 11 is 6.07. The predicted molar refractivity (Wildman–Crippen MR) is 76.2 cm³/mol. The van der Waals surface area contributed by atoms with Crippen LogP contribution in [-0.4, -0.2) is 35.6 Å². The fourth-order valence-electron chi connectivity index (χ4n) is 2.59. The molecule has 1 fully saturated rings. The van der Waals surface area contributed by atoms with Crippen LogP contribution >= 0.6 is 11.6 Å². The van der Waals surface area contributed by atoms with Crippen molar-refractivity contribution in [3.8, 4) is 0 Å². The van der Waals surface area contributed by atoms with E-state index in [9.17, 15) is 4.79 Å². The highest BCUT2D eigenvalue weighted by Crippen LogP contribution is 2.27. The number of likely N-dealkylation sites (tertiary alicyclic amines) is 1. The Balaban J connectivity index is 2.15. The van der Waals surface area contributed by atoms with Gasteiger partial charge in [-0.3, -0.25) is 4.79 Å². The van der Waals surface area contributed by atoms with E-state index in [1.165, 1.54) is 0 Å². The zero-order chi connectivity index (χ0) is 13.8. The van der Waals surface area contributed by atoms with Crippen LogP contribution in [0, 0.1) is 5.92 Å². The minimum absolute atomic E-state index is 0.106. The van der Waals surface area contributed by atoms with Crippen LogP contribution in [0.1, 0.15) is 29.6 Å². The van der Waals surface area contributed by atoms with Gasteiger partial charge in [-0.05, 0) is 37.3 Å². The minimum Gasteiger partial charge on any atom is -0.398 e. The van der Waals surface area contributed by atoms with Gasteiger partial charge in [0.15, 0.2) is 0 Å². The molecule has 0 aliphatic carbocycles. The molecule has 5 heteroatoms. The van der Waals surface area contributed by atoms with Crippen LogP contribution in [0.3, 0.4) is 0 Å². The molecule has 0 bridgehead atoms. The number of nitrogens with zero attached hydrogens (tertiary/aromatic N) is 1. The van der Waals surface area contributed by atoms with Crippen LogP contribution in [0.4, 0.5) is 5.69 Å². The molecule has 1 aromatic carbocycles. The summed E-state index contributed by atoms with van der Waals surface area (Å²) in [7, 11) is 0. The van der Waals surface area contributed by atoms with E-state index in [1.807, 2.05) is 0 Å². The van der Waals surface area contributed by atoms with Crippen molar-refractivity contribution >= 4 is 23.2 Å². The van der Waals surface area contributed by atoms with E-state index in [0.717, 1.165) is 25.8 Å². The molecule has 104 valence electrons. The summed E-state index contributed by atoms with van der Waals surface area (Å²) in [5.74, 6) is 0.261. The molecule has 1 atom stereocenters. The molecule has 3 N–H and O–H groups in total. The number of anilines is 1. The topological polar surface area (TPSA) is 66.6 Å². The highest BCUT2D eigenvalue weighted by atomic mass is 35.5. The lowest BCUT2D eigenvalue weighted by Crippen LogP contribution is -2.40. The van der Waals surface area contributed by atoms with Gasteiger partial charge in [0.1, 0.15) is 0 Å². The van der Waals surface area contributed by atoms with E-state index in [0.29, 0.717) is 28.7 Å². The maximum absolute atomic E-state index is 12.5. The summed E-state index contributed by atoms with van der Waals surface area (Å²) in [5.41, 5.74) is 6.67. The zero-order valence-electron chi connectivity index (χ0n) is 10.8. The Morgan fingerprint density at radius 1 is 1.53 bits per heavy atom. The lowest BCUT2D eigenvalue weighted by Gasteiger charge is -2.33. The molecule has 1 amide bonds. The minimum atomic E-state index is -0.106. The number of halogens is 1. The zero-order valence-corrected chi connectivity index (χ0v) is 11.6. The number of nitrogens with two attached hydrogens (primary N) is 1. The fraction of sp³-hybridized carbons (Fsp3) is 0.500. The summed E-state index contributed by atoms with van der Waals surface area (Å²) in [4.78, 5) is 14.3. The van der Waals surface area contributed by atoms with E-state index < -0.39 is 0 Å². The van der Waals surface area contributed by atoms with Crippen LogP contribution in [-0.2, 0) is 0 Å². The van der Waals surface area contributed by atoms with Crippen LogP contribution in [0.25, 0.3) is 0 Å². The number of benzene rings is 1. The molecular formula is C14H19ClN2O2. The Labute approximate surface area is 118 Å². The van der Waals surface area contributed by atoms with Gasteiger partial charge in [-0.25, -0.2) is 0 Å². The van der Waals surface area contributed by atoms with Crippen molar-refractivity contribution in [2.75, 3.05) is 25.4 Å². The average Bonchev–Trinajstić information content (AvgIpc) is 2.39. The number of rotatable bonds is 3. The quantitative estimate of drug-likeness (QED) is 0.835. The second kappa shape index (κ2) is 6.26. The van der Waals surface area contributed by atoms with Crippen molar-refractivity contribution in [2.45, 2.75) is 19.3 Å². The first-order valence-electron chi connectivity index (χ1n) is 6.57. The molecule has 0 spiro atoms. The highest BCUT2D eigenvalue weighted by molar-refractivity contribution is 6.34.